The summed E-state index contributed by atoms with van der Waals surface area (Å²) in [5.41, 5.74) is 2.98. The molecule has 0 heterocycles. The lowest BCUT2D eigenvalue weighted by Gasteiger charge is -2.24. The van der Waals surface area contributed by atoms with Crippen molar-refractivity contribution >= 4 is 0 Å². The average molecular weight is 212 g/mol. The minimum Gasteiger partial charge on any atom is -0.0808 e. The van der Waals surface area contributed by atoms with Crippen molar-refractivity contribution in [2.45, 2.75) is 32.6 Å². The van der Waals surface area contributed by atoms with Crippen molar-refractivity contribution in [2.75, 3.05) is 0 Å². The van der Waals surface area contributed by atoms with Gasteiger partial charge < -0.3 is 0 Å². The Morgan fingerprint density at radius 2 is 1.69 bits per heavy atom. The first kappa shape index (κ1) is 11.2. The summed E-state index contributed by atoms with van der Waals surface area (Å²) in [6.45, 7) is 6.83. The van der Waals surface area contributed by atoms with Gasteiger partial charge in [0.2, 0.25) is 0 Å². The monoisotopic (exact) mass is 212 g/mol. The van der Waals surface area contributed by atoms with E-state index in [-0.39, 0.29) is 0 Å². The second-order valence-corrected chi connectivity index (χ2v) is 4.94. The van der Waals surface area contributed by atoms with E-state index in [1.807, 2.05) is 0 Å². The number of allylic oxidation sites excluding steroid dienone is 4. The van der Waals surface area contributed by atoms with E-state index in [1.165, 1.54) is 11.1 Å². The summed E-state index contributed by atoms with van der Waals surface area (Å²) in [5, 5.41) is 0. The molecular weight excluding hydrogens is 192 g/mol. The largest absolute Gasteiger partial charge is 0.0808 e. The fraction of sp³-hybridized carbons (Fsp3) is 0.375. The first-order valence-corrected chi connectivity index (χ1v) is 6.14. The Morgan fingerprint density at radius 3 is 2.38 bits per heavy atom. The maximum atomic E-state index is 2.33. The molecule has 2 rings (SSSR count). The van der Waals surface area contributed by atoms with Crippen LogP contribution in [0.5, 0.6) is 0 Å². The van der Waals surface area contributed by atoms with Gasteiger partial charge in [-0.15, -0.1) is 0 Å². The molecule has 0 spiro atoms. The van der Waals surface area contributed by atoms with Crippen LogP contribution in [0.4, 0.5) is 0 Å². The molecule has 0 aromatic heterocycles. The topological polar surface area (TPSA) is 0 Å². The lowest BCUT2D eigenvalue weighted by Crippen LogP contribution is -2.10. The molecule has 2 atom stereocenters. The third-order valence-corrected chi connectivity index (χ3v) is 3.39. The van der Waals surface area contributed by atoms with E-state index in [0.717, 1.165) is 0 Å². The van der Waals surface area contributed by atoms with E-state index in [2.05, 4.69) is 69.3 Å². The van der Waals surface area contributed by atoms with Gasteiger partial charge in [0.05, 0.1) is 0 Å². The van der Waals surface area contributed by atoms with Crippen LogP contribution in [0.25, 0.3) is 0 Å². The molecular formula is C16H20. The maximum Gasteiger partial charge on any atom is 0.00842 e. The summed E-state index contributed by atoms with van der Waals surface area (Å²) in [7, 11) is 0. The summed E-state index contributed by atoms with van der Waals surface area (Å²) >= 11 is 0. The number of rotatable bonds is 2. The maximum absolute atomic E-state index is 2.33. The fourth-order valence-corrected chi connectivity index (χ4v) is 2.45. The van der Waals surface area contributed by atoms with E-state index >= 15 is 0 Å². The Bertz CT molecular complexity index is 410. The van der Waals surface area contributed by atoms with Crippen molar-refractivity contribution in [1.29, 1.82) is 0 Å². The van der Waals surface area contributed by atoms with E-state index in [4.69, 9.17) is 0 Å². The van der Waals surface area contributed by atoms with Gasteiger partial charge >= 0.3 is 0 Å². The minimum atomic E-state index is 0.545. The summed E-state index contributed by atoms with van der Waals surface area (Å²) in [5.74, 6) is 1.75. The number of hydrogen-bond donors (Lipinski definition) is 0. The predicted molar refractivity (Wildman–Crippen MR) is 70.7 cm³/mol. The van der Waals surface area contributed by atoms with Gasteiger partial charge in [-0.1, -0.05) is 69.3 Å². The van der Waals surface area contributed by atoms with Gasteiger partial charge in [0.15, 0.2) is 0 Å². The minimum absolute atomic E-state index is 0.545. The first-order chi connectivity index (χ1) is 7.70. The van der Waals surface area contributed by atoms with Gasteiger partial charge in [0.1, 0.15) is 0 Å². The molecule has 0 nitrogen and oxygen atoms in total. The van der Waals surface area contributed by atoms with Gasteiger partial charge in [-0.3, -0.25) is 0 Å². The van der Waals surface area contributed by atoms with E-state index in [0.29, 0.717) is 17.8 Å². The highest BCUT2D eigenvalue weighted by Gasteiger charge is 2.19. The highest BCUT2D eigenvalue weighted by Crippen LogP contribution is 2.34. The van der Waals surface area contributed by atoms with Crippen molar-refractivity contribution in [2.24, 2.45) is 5.92 Å². The number of benzene rings is 1. The molecule has 1 aromatic carbocycles. The zero-order valence-corrected chi connectivity index (χ0v) is 10.4. The average Bonchev–Trinajstić information content (AvgIpc) is 2.29. The van der Waals surface area contributed by atoms with Crippen LogP contribution in [0.2, 0.25) is 0 Å². The lowest BCUT2D eigenvalue weighted by molar-refractivity contribution is 0.624. The Kier molecular flexibility index (Phi) is 3.28. The SMILES string of the molecule is CC(C)c1ccccc1C1C=CC=CC1C. The Hall–Kier alpha value is -1.30. The first-order valence-electron chi connectivity index (χ1n) is 6.14. The highest BCUT2D eigenvalue weighted by molar-refractivity contribution is 5.38. The fourth-order valence-electron chi connectivity index (χ4n) is 2.45. The lowest BCUT2D eigenvalue weighted by atomic mass is 9.80. The van der Waals surface area contributed by atoms with Crippen LogP contribution in [-0.2, 0) is 0 Å². The van der Waals surface area contributed by atoms with Crippen molar-refractivity contribution in [3.05, 3.63) is 59.7 Å². The van der Waals surface area contributed by atoms with Crippen LogP contribution in [0, 0.1) is 5.92 Å². The van der Waals surface area contributed by atoms with E-state index in [9.17, 15) is 0 Å². The van der Waals surface area contributed by atoms with Crippen molar-refractivity contribution in [3.63, 3.8) is 0 Å². The van der Waals surface area contributed by atoms with Crippen molar-refractivity contribution in [1.82, 2.24) is 0 Å². The molecule has 0 bridgehead atoms. The van der Waals surface area contributed by atoms with Gasteiger partial charge in [-0.05, 0) is 23.0 Å². The Labute approximate surface area is 98.7 Å². The van der Waals surface area contributed by atoms with Gasteiger partial charge in [-0.2, -0.15) is 0 Å². The standard InChI is InChI=1S/C16H20/c1-12(2)14-9-6-7-11-16(14)15-10-5-4-8-13(15)3/h4-13,15H,1-3H3. The zero-order valence-electron chi connectivity index (χ0n) is 10.4. The molecule has 16 heavy (non-hydrogen) atoms. The van der Waals surface area contributed by atoms with Crippen LogP contribution in [0.15, 0.2) is 48.6 Å². The zero-order chi connectivity index (χ0) is 11.5. The molecule has 1 aromatic rings. The molecule has 0 radical (unpaired) electrons. The summed E-state index contributed by atoms with van der Waals surface area (Å²) in [6, 6.07) is 8.84. The summed E-state index contributed by atoms with van der Waals surface area (Å²) < 4.78 is 0. The highest BCUT2D eigenvalue weighted by atomic mass is 14.2. The second kappa shape index (κ2) is 4.69. The third kappa shape index (κ3) is 2.11. The smallest absolute Gasteiger partial charge is 0.00842 e. The normalized spacial score (nSPS) is 24.0. The van der Waals surface area contributed by atoms with Crippen LogP contribution in [0.1, 0.15) is 43.7 Å². The molecule has 2 unspecified atom stereocenters. The third-order valence-electron chi connectivity index (χ3n) is 3.39. The molecule has 0 amide bonds. The van der Waals surface area contributed by atoms with Crippen LogP contribution < -0.4 is 0 Å². The van der Waals surface area contributed by atoms with Crippen LogP contribution >= 0.6 is 0 Å². The van der Waals surface area contributed by atoms with Crippen LogP contribution in [0.3, 0.4) is 0 Å². The predicted octanol–water partition coefficient (Wildman–Crippen LogP) is 4.66. The summed E-state index contributed by atoms with van der Waals surface area (Å²) in [4.78, 5) is 0. The molecule has 0 saturated carbocycles. The molecule has 84 valence electrons. The van der Waals surface area contributed by atoms with Gasteiger partial charge in [0, 0.05) is 5.92 Å². The molecule has 0 aliphatic heterocycles. The molecule has 0 fully saturated rings. The van der Waals surface area contributed by atoms with E-state index in [1.54, 1.807) is 0 Å². The van der Waals surface area contributed by atoms with Crippen LogP contribution in [-0.4, -0.2) is 0 Å². The molecule has 1 aliphatic rings. The second-order valence-electron chi connectivity index (χ2n) is 4.94. The van der Waals surface area contributed by atoms with Crippen molar-refractivity contribution < 1.29 is 0 Å². The molecule has 0 N–H and O–H groups in total. The molecule has 0 saturated heterocycles. The van der Waals surface area contributed by atoms with Crippen molar-refractivity contribution in [3.8, 4) is 0 Å². The quantitative estimate of drug-likeness (QED) is 0.669. The number of hydrogen-bond acceptors (Lipinski definition) is 0. The Morgan fingerprint density at radius 1 is 1.00 bits per heavy atom. The van der Waals surface area contributed by atoms with Gasteiger partial charge in [-0.25, -0.2) is 0 Å². The summed E-state index contributed by atoms with van der Waals surface area (Å²) in [6.07, 6.45) is 8.94. The Balaban J connectivity index is 2.40. The van der Waals surface area contributed by atoms with Gasteiger partial charge in [0.25, 0.3) is 0 Å². The molecule has 0 heteroatoms. The van der Waals surface area contributed by atoms with E-state index < -0.39 is 0 Å². The molecule has 1 aliphatic carbocycles.